The Morgan fingerprint density at radius 3 is 1.65 bits per heavy atom. The van der Waals surface area contributed by atoms with Crippen molar-refractivity contribution in [3.05, 3.63) is 25.3 Å². The van der Waals surface area contributed by atoms with E-state index in [4.69, 9.17) is 20.5 Å². The zero-order valence-corrected chi connectivity index (χ0v) is 22.5. The lowest BCUT2D eigenvalue weighted by Crippen LogP contribution is -2.14. The van der Waals surface area contributed by atoms with E-state index in [1.165, 1.54) is 12.7 Å². The molecule has 0 spiro atoms. The van der Waals surface area contributed by atoms with Crippen molar-refractivity contribution in [3.8, 4) is 0 Å². The average molecular weight is 576 g/mol. The van der Waals surface area contributed by atoms with E-state index in [0.717, 1.165) is 0 Å². The minimum atomic E-state index is -2.32. The van der Waals surface area contributed by atoms with Crippen LogP contribution in [0.4, 0.5) is 20.4 Å². The maximum absolute atomic E-state index is 14.9. The standard InChI is InChI=1S/C24H30F2N10O3P/c25-15-5-13(7-17(15)35-11-33-19-21(27)29-9-31-23(19)35)1-3-38-40(37)39-4-2-14-6-16(26)18(8-14)36-12-34-20-22(28)30-10-32-24(20)36/h9-18H,1-8H2,(H2,27,29,31)(H2,28,30,32)/q+1. The van der Waals surface area contributed by atoms with Gasteiger partial charge in [0.25, 0.3) is 0 Å². The van der Waals surface area contributed by atoms with Crippen molar-refractivity contribution in [3.63, 3.8) is 0 Å². The van der Waals surface area contributed by atoms with Crippen LogP contribution in [0.5, 0.6) is 0 Å². The summed E-state index contributed by atoms with van der Waals surface area (Å²) in [6.07, 6.45) is 6.64. The Hall–Kier alpha value is -3.42. The third-order valence-electron chi connectivity index (χ3n) is 8.04. The zero-order valence-electron chi connectivity index (χ0n) is 21.6. The molecule has 0 bridgehead atoms. The molecule has 16 heteroatoms. The Morgan fingerprint density at radius 1 is 0.750 bits per heavy atom. The summed E-state index contributed by atoms with van der Waals surface area (Å²) in [7, 11) is -2.32. The van der Waals surface area contributed by atoms with Crippen molar-refractivity contribution in [2.45, 2.75) is 63.0 Å². The van der Waals surface area contributed by atoms with Crippen LogP contribution in [0.15, 0.2) is 25.3 Å². The highest BCUT2D eigenvalue weighted by molar-refractivity contribution is 7.33. The summed E-state index contributed by atoms with van der Waals surface area (Å²) in [6, 6.07) is -0.817. The second kappa shape index (κ2) is 11.2. The van der Waals surface area contributed by atoms with Crippen LogP contribution in [-0.4, -0.2) is 64.6 Å². The Morgan fingerprint density at radius 2 is 1.20 bits per heavy atom. The van der Waals surface area contributed by atoms with Gasteiger partial charge in [-0.15, -0.1) is 9.05 Å². The van der Waals surface area contributed by atoms with E-state index in [2.05, 4.69) is 29.9 Å². The van der Waals surface area contributed by atoms with Crippen LogP contribution in [0.2, 0.25) is 0 Å². The van der Waals surface area contributed by atoms with Gasteiger partial charge in [0.05, 0.1) is 24.7 Å². The van der Waals surface area contributed by atoms with Gasteiger partial charge in [0.15, 0.2) is 22.9 Å². The molecule has 212 valence electrons. The molecule has 2 saturated carbocycles. The average Bonchev–Trinajstić information content (AvgIpc) is 3.70. The first-order valence-corrected chi connectivity index (χ1v) is 14.4. The van der Waals surface area contributed by atoms with Gasteiger partial charge in [-0.05, 0) is 50.4 Å². The molecule has 0 radical (unpaired) electrons. The number of nitrogens with two attached hydrogens (primary N) is 2. The van der Waals surface area contributed by atoms with E-state index in [1.807, 2.05) is 0 Å². The molecule has 13 nitrogen and oxygen atoms in total. The number of nitrogen functional groups attached to an aromatic ring is 2. The molecule has 4 heterocycles. The lowest BCUT2D eigenvalue weighted by Gasteiger charge is -2.15. The lowest BCUT2D eigenvalue weighted by molar-refractivity contribution is 0.200. The smallest absolute Gasteiger partial charge is 0.382 e. The molecular formula is C24H30F2N10O3P+. The van der Waals surface area contributed by atoms with Crippen LogP contribution in [0, 0.1) is 11.8 Å². The number of aromatic nitrogens is 8. The number of hydrogen-bond donors (Lipinski definition) is 2. The first-order valence-electron chi connectivity index (χ1n) is 13.3. The van der Waals surface area contributed by atoms with Gasteiger partial charge >= 0.3 is 8.25 Å². The molecule has 4 aromatic heterocycles. The highest BCUT2D eigenvalue weighted by Crippen LogP contribution is 2.42. The van der Waals surface area contributed by atoms with Crippen LogP contribution < -0.4 is 11.5 Å². The lowest BCUT2D eigenvalue weighted by atomic mass is 10.0. The highest BCUT2D eigenvalue weighted by Gasteiger charge is 2.38. The van der Waals surface area contributed by atoms with Crippen LogP contribution in [0.25, 0.3) is 22.3 Å². The first kappa shape index (κ1) is 26.8. The number of alkyl halides is 2. The number of anilines is 2. The van der Waals surface area contributed by atoms with Crippen LogP contribution in [-0.2, 0) is 13.6 Å². The summed E-state index contributed by atoms with van der Waals surface area (Å²) in [5, 5.41) is 0. The summed E-state index contributed by atoms with van der Waals surface area (Å²) >= 11 is 0. The zero-order chi connectivity index (χ0) is 27.8. The Labute approximate surface area is 228 Å². The summed E-state index contributed by atoms with van der Waals surface area (Å²) in [5.41, 5.74) is 13.6. The minimum absolute atomic E-state index is 0.0526. The van der Waals surface area contributed by atoms with Crippen molar-refractivity contribution in [1.82, 2.24) is 39.0 Å². The first-order chi connectivity index (χ1) is 19.4. The second-order valence-corrected chi connectivity index (χ2v) is 11.4. The quantitative estimate of drug-likeness (QED) is 0.263. The number of hydrogen-bond acceptors (Lipinski definition) is 11. The molecule has 2 fully saturated rings. The molecule has 6 atom stereocenters. The van der Waals surface area contributed by atoms with Crippen molar-refractivity contribution >= 4 is 42.2 Å². The molecule has 2 aliphatic carbocycles. The topological polar surface area (TPSA) is 175 Å². The Bertz CT molecular complexity index is 1410. The van der Waals surface area contributed by atoms with E-state index in [1.54, 1.807) is 21.8 Å². The van der Waals surface area contributed by atoms with Crippen molar-refractivity contribution < 1.29 is 22.4 Å². The van der Waals surface area contributed by atoms with Gasteiger partial charge in [0.2, 0.25) is 0 Å². The predicted molar refractivity (Wildman–Crippen MR) is 142 cm³/mol. The SMILES string of the molecule is Nc1ncnc2c1ncn2C1CC(CCO[P+](=O)OCCC2CC(F)C(n3cnc4c(N)ncnc43)C2)CC1F. The molecule has 6 rings (SSSR count). The number of fused-ring (bicyclic) bond motifs is 2. The number of imidazole rings is 2. The Kier molecular flexibility index (Phi) is 7.51. The maximum Gasteiger partial charge on any atom is 0.697 e. The third kappa shape index (κ3) is 5.20. The molecule has 6 unspecified atom stereocenters. The molecule has 0 saturated heterocycles. The molecule has 0 aliphatic heterocycles. The minimum Gasteiger partial charge on any atom is -0.382 e. The number of halogens is 2. The number of rotatable bonds is 10. The van der Waals surface area contributed by atoms with Gasteiger partial charge in [-0.2, -0.15) is 0 Å². The fraction of sp³-hybridized carbons (Fsp3) is 0.583. The van der Waals surface area contributed by atoms with Crippen LogP contribution in [0.3, 0.4) is 0 Å². The molecular weight excluding hydrogens is 545 g/mol. The largest absolute Gasteiger partial charge is 0.697 e. The van der Waals surface area contributed by atoms with Gasteiger partial charge in [-0.1, -0.05) is 0 Å². The van der Waals surface area contributed by atoms with E-state index in [9.17, 15) is 13.3 Å². The van der Waals surface area contributed by atoms with E-state index in [-0.39, 0.29) is 36.7 Å². The summed E-state index contributed by atoms with van der Waals surface area (Å²) in [6.45, 7) is 0.381. The molecule has 2 aliphatic rings. The summed E-state index contributed by atoms with van der Waals surface area (Å²) in [4.78, 5) is 24.7. The molecule has 0 aromatic carbocycles. The van der Waals surface area contributed by atoms with Gasteiger partial charge in [-0.3, -0.25) is 0 Å². The van der Waals surface area contributed by atoms with E-state index >= 15 is 0 Å². The molecule has 4 aromatic rings. The monoisotopic (exact) mass is 575 g/mol. The predicted octanol–water partition coefficient (Wildman–Crippen LogP) is 3.88. The van der Waals surface area contributed by atoms with Crippen LogP contribution >= 0.6 is 8.25 Å². The third-order valence-corrected chi connectivity index (χ3v) is 8.82. The van der Waals surface area contributed by atoms with Gasteiger partial charge < -0.3 is 20.6 Å². The molecule has 40 heavy (non-hydrogen) atoms. The maximum atomic E-state index is 14.9. The molecule has 4 N–H and O–H groups in total. The van der Waals surface area contributed by atoms with Crippen molar-refractivity contribution in [2.24, 2.45) is 11.8 Å². The second-order valence-electron chi connectivity index (χ2n) is 10.5. The fourth-order valence-electron chi connectivity index (χ4n) is 6.02. The van der Waals surface area contributed by atoms with E-state index < -0.39 is 32.7 Å². The summed E-state index contributed by atoms with van der Waals surface area (Å²) in [5.74, 6) is 0.625. The Balaban J connectivity index is 0.929. The van der Waals surface area contributed by atoms with Crippen molar-refractivity contribution in [1.29, 1.82) is 0 Å². The van der Waals surface area contributed by atoms with Crippen LogP contribution in [0.1, 0.15) is 50.6 Å². The van der Waals surface area contributed by atoms with E-state index in [0.29, 0.717) is 60.9 Å². The van der Waals surface area contributed by atoms with Gasteiger partial charge in [0, 0.05) is 4.57 Å². The normalized spacial score (nSPS) is 27.2. The highest BCUT2D eigenvalue weighted by atomic mass is 31.1. The van der Waals surface area contributed by atoms with Gasteiger partial charge in [-0.25, -0.2) is 38.7 Å². The number of nitrogens with zero attached hydrogens (tertiary/aromatic N) is 8. The molecule has 0 amide bonds. The summed E-state index contributed by atoms with van der Waals surface area (Å²) < 4.78 is 56.2. The van der Waals surface area contributed by atoms with Gasteiger partial charge in [0.1, 0.15) is 49.2 Å². The fourth-order valence-corrected chi connectivity index (χ4v) is 6.60. The van der Waals surface area contributed by atoms with Crippen molar-refractivity contribution in [2.75, 3.05) is 24.7 Å².